The second-order valence-electron chi connectivity index (χ2n) is 5.16. The van der Waals surface area contributed by atoms with E-state index in [1.165, 1.54) is 24.0 Å². The third kappa shape index (κ3) is 4.01. The van der Waals surface area contributed by atoms with Crippen LogP contribution < -0.4 is 5.32 Å². The Hall–Kier alpha value is -2.19. The van der Waals surface area contributed by atoms with Crippen molar-refractivity contribution in [1.29, 1.82) is 0 Å². The van der Waals surface area contributed by atoms with Gasteiger partial charge in [0.1, 0.15) is 12.6 Å². The minimum absolute atomic E-state index is 0.136. The molecule has 0 saturated carbocycles. The molecule has 2 rings (SSSR count). The molecule has 1 aliphatic heterocycles. The molecule has 0 radical (unpaired) electrons. The number of benzene rings is 1. The van der Waals surface area contributed by atoms with Crippen molar-refractivity contribution in [2.75, 3.05) is 26.0 Å². The number of thiocarbonyl (C=S) groups is 1. The summed E-state index contributed by atoms with van der Waals surface area (Å²) in [4.78, 5) is 38.6. The number of nitrogens with zero attached hydrogens (tertiary/aromatic N) is 2. The molecule has 0 bridgehead atoms. The fourth-order valence-electron chi connectivity index (χ4n) is 2.28. The maximum Gasteiger partial charge on any atom is 0.325 e. The van der Waals surface area contributed by atoms with Crippen LogP contribution >= 0.6 is 23.8 Å². The predicted octanol–water partition coefficient (Wildman–Crippen LogP) is 1.27. The van der Waals surface area contributed by atoms with Gasteiger partial charge in [-0.15, -0.1) is 0 Å². The summed E-state index contributed by atoms with van der Waals surface area (Å²) in [5.41, 5.74) is 0.560. The molecule has 1 aromatic rings. The number of rotatable bonds is 5. The van der Waals surface area contributed by atoms with Gasteiger partial charge in [0.05, 0.1) is 13.5 Å². The number of carbonyl (C=O) groups is 3. The van der Waals surface area contributed by atoms with Crippen molar-refractivity contribution in [1.82, 2.24) is 9.80 Å². The van der Waals surface area contributed by atoms with E-state index in [0.717, 1.165) is 0 Å². The lowest BCUT2D eigenvalue weighted by molar-refractivity contribution is -0.141. The van der Waals surface area contributed by atoms with E-state index in [1.54, 1.807) is 24.3 Å². The number of carbonyl (C=O) groups excluding carboxylic acids is 3. The van der Waals surface area contributed by atoms with Gasteiger partial charge < -0.3 is 15.0 Å². The molecule has 7 nitrogen and oxygen atoms in total. The van der Waals surface area contributed by atoms with E-state index >= 15 is 0 Å². The maximum absolute atomic E-state index is 12.3. The maximum atomic E-state index is 12.3. The van der Waals surface area contributed by atoms with Crippen LogP contribution in [-0.4, -0.2) is 59.4 Å². The molecule has 9 heteroatoms. The van der Waals surface area contributed by atoms with Gasteiger partial charge in [-0.1, -0.05) is 11.6 Å². The highest BCUT2D eigenvalue weighted by Crippen LogP contribution is 2.20. The van der Waals surface area contributed by atoms with Gasteiger partial charge in [0.25, 0.3) is 5.91 Å². The molecule has 1 aliphatic rings. The Morgan fingerprint density at radius 1 is 1.33 bits per heavy atom. The van der Waals surface area contributed by atoms with Crippen molar-refractivity contribution >= 4 is 52.4 Å². The lowest BCUT2D eigenvalue weighted by atomic mass is 10.1. The SMILES string of the molecule is COC(=O)CN1C(=S)N(C)C(=O)C1CC(=O)Nc1ccc(Cl)cc1. The zero-order valence-electron chi connectivity index (χ0n) is 13.1. The Balaban J connectivity index is 2.08. The fourth-order valence-corrected chi connectivity index (χ4v) is 2.68. The highest BCUT2D eigenvalue weighted by molar-refractivity contribution is 7.80. The summed E-state index contributed by atoms with van der Waals surface area (Å²) >= 11 is 10.9. The number of halogens is 1. The Morgan fingerprint density at radius 2 is 1.96 bits per heavy atom. The largest absolute Gasteiger partial charge is 0.468 e. The quantitative estimate of drug-likeness (QED) is 0.622. The first kappa shape index (κ1) is 18.2. The Kier molecular flexibility index (Phi) is 5.74. The molecule has 1 aromatic carbocycles. The number of nitrogens with one attached hydrogen (secondary N) is 1. The number of hydrogen-bond donors (Lipinski definition) is 1. The summed E-state index contributed by atoms with van der Waals surface area (Å²) in [6, 6.07) is 5.75. The molecule has 128 valence electrons. The minimum atomic E-state index is -0.839. The van der Waals surface area contributed by atoms with Crippen LogP contribution in [0.5, 0.6) is 0 Å². The zero-order valence-corrected chi connectivity index (χ0v) is 14.7. The fraction of sp³-hybridized carbons (Fsp3) is 0.333. The number of anilines is 1. The third-order valence-corrected chi connectivity index (χ3v) is 4.32. The summed E-state index contributed by atoms with van der Waals surface area (Å²) in [5, 5.41) is 3.42. The second kappa shape index (κ2) is 7.59. The van der Waals surface area contributed by atoms with E-state index in [0.29, 0.717) is 10.7 Å². The second-order valence-corrected chi connectivity index (χ2v) is 5.96. The molecule has 2 amide bonds. The van der Waals surface area contributed by atoms with Crippen LogP contribution in [0.2, 0.25) is 5.02 Å². The van der Waals surface area contributed by atoms with Gasteiger partial charge >= 0.3 is 5.97 Å². The van der Waals surface area contributed by atoms with Gasteiger partial charge in [0.15, 0.2) is 5.11 Å². The van der Waals surface area contributed by atoms with Gasteiger partial charge in [-0.25, -0.2) is 0 Å². The molecule has 0 aromatic heterocycles. The molecule has 1 fully saturated rings. The molecular weight excluding hydrogens is 354 g/mol. The van der Waals surface area contributed by atoms with Gasteiger partial charge in [-0.05, 0) is 36.5 Å². The van der Waals surface area contributed by atoms with E-state index in [-0.39, 0.29) is 29.9 Å². The van der Waals surface area contributed by atoms with Crippen molar-refractivity contribution in [2.45, 2.75) is 12.5 Å². The lowest BCUT2D eigenvalue weighted by Crippen LogP contribution is -2.41. The molecule has 1 N–H and O–H groups in total. The first-order chi connectivity index (χ1) is 11.3. The van der Waals surface area contributed by atoms with Crippen molar-refractivity contribution in [3.05, 3.63) is 29.3 Å². The summed E-state index contributed by atoms with van der Waals surface area (Å²) in [5.74, 6) is -1.25. The van der Waals surface area contributed by atoms with E-state index < -0.39 is 12.0 Å². The van der Waals surface area contributed by atoms with Crippen LogP contribution in [0.1, 0.15) is 6.42 Å². The summed E-state index contributed by atoms with van der Waals surface area (Å²) in [6.45, 7) is -0.190. The average Bonchev–Trinajstić information content (AvgIpc) is 2.75. The summed E-state index contributed by atoms with van der Waals surface area (Å²) < 4.78 is 4.61. The van der Waals surface area contributed by atoms with Gasteiger partial charge in [0.2, 0.25) is 5.91 Å². The number of amides is 2. The number of hydrogen-bond acceptors (Lipinski definition) is 5. The van der Waals surface area contributed by atoms with Crippen LogP contribution in [0.4, 0.5) is 5.69 Å². The van der Waals surface area contributed by atoms with Crippen LogP contribution in [-0.2, 0) is 19.1 Å². The van der Waals surface area contributed by atoms with Gasteiger partial charge in [-0.2, -0.15) is 0 Å². The smallest absolute Gasteiger partial charge is 0.325 e. The number of ether oxygens (including phenoxy) is 1. The number of esters is 1. The van der Waals surface area contributed by atoms with Crippen LogP contribution in [0.15, 0.2) is 24.3 Å². The standard InChI is InChI=1S/C15H16ClN3O4S/c1-18-14(22)11(19(15(18)24)8-13(21)23-2)7-12(20)17-10-5-3-9(16)4-6-10/h3-6,11H,7-8H2,1-2H3,(H,17,20). The van der Waals surface area contributed by atoms with Crippen LogP contribution in [0, 0.1) is 0 Å². The summed E-state index contributed by atoms with van der Waals surface area (Å²) in [7, 11) is 2.75. The van der Waals surface area contributed by atoms with Crippen molar-refractivity contribution in [3.63, 3.8) is 0 Å². The molecule has 1 saturated heterocycles. The topological polar surface area (TPSA) is 79.0 Å². The first-order valence-corrected chi connectivity index (χ1v) is 7.82. The van der Waals surface area contributed by atoms with E-state index in [9.17, 15) is 14.4 Å². The van der Waals surface area contributed by atoms with Crippen molar-refractivity contribution in [2.24, 2.45) is 0 Å². The van der Waals surface area contributed by atoms with Crippen molar-refractivity contribution < 1.29 is 19.1 Å². The van der Waals surface area contributed by atoms with Gasteiger partial charge in [-0.3, -0.25) is 19.3 Å². The molecule has 0 aliphatic carbocycles. The van der Waals surface area contributed by atoms with Crippen LogP contribution in [0.3, 0.4) is 0 Å². The molecule has 1 heterocycles. The Morgan fingerprint density at radius 3 is 2.54 bits per heavy atom. The Labute approximate surface area is 149 Å². The minimum Gasteiger partial charge on any atom is -0.468 e. The molecule has 1 atom stereocenters. The molecular formula is C15H16ClN3O4S. The van der Waals surface area contributed by atoms with E-state index in [4.69, 9.17) is 23.8 Å². The van der Waals surface area contributed by atoms with E-state index in [1.807, 2.05) is 0 Å². The lowest BCUT2D eigenvalue weighted by Gasteiger charge is -2.21. The first-order valence-electron chi connectivity index (χ1n) is 7.04. The number of methoxy groups -OCH3 is 1. The Bertz CT molecular complexity index is 680. The molecule has 24 heavy (non-hydrogen) atoms. The summed E-state index contributed by atoms with van der Waals surface area (Å²) in [6.07, 6.45) is -0.136. The molecule has 1 unspecified atom stereocenters. The van der Waals surface area contributed by atoms with Crippen molar-refractivity contribution in [3.8, 4) is 0 Å². The zero-order chi connectivity index (χ0) is 17.9. The normalized spacial score (nSPS) is 17.2. The van der Waals surface area contributed by atoms with Gasteiger partial charge in [0, 0.05) is 17.8 Å². The highest BCUT2D eigenvalue weighted by Gasteiger charge is 2.42. The monoisotopic (exact) mass is 369 g/mol. The van der Waals surface area contributed by atoms with E-state index in [2.05, 4.69) is 10.1 Å². The average molecular weight is 370 g/mol. The highest BCUT2D eigenvalue weighted by atomic mass is 35.5. The van der Waals surface area contributed by atoms with Crippen LogP contribution in [0.25, 0.3) is 0 Å². The number of likely N-dealkylation sites (N-methyl/N-ethyl adjacent to an activating group) is 1. The third-order valence-electron chi connectivity index (χ3n) is 3.56. The predicted molar refractivity (Wildman–Crippen MR) is 92.6 cm³/mol. The molecule has 0 spiro atoms.